The molecule has 6 nitrogen and oxygen atoms in total. The van der Waals surface area contributed by atoms with Gasteiger partial charge in [0.2, 0.25) is 5.91 Å². The number of carboxylic acids is 1. The number of carbonyl (C=O) groups is 3. The Balaban J connectivity index is 3.44. The van der Waals surface area contributed by atoms with Crippen LogP contribution < -0.4 is 5.32 Å². The van der Waals surface area contributed by atoms with Crippen LogP contribution in [0.15, 0.2) is 0 Å². The first-order chi connectivity index (χ1) is 7.56. The average Bonchev–Trinajstić information content (AvgIpc) is 2.22. The fraction of sp³-hybridized carbons (Fsp3) is 0.700. The molecule has 0 aromatic carbocycles. The van der Waals surface area contributed by atoms with E-state index in [0.29, 0.717) is 12.8 Å². The molecule has 0 aliphatic heterocycles. The molecule has 0 aliphatic rings. The maximum absolute atomic E-state index is 11.1. The molecule has 0 aromatic rings. The van der Waals surface area contributed by atoms with Crippen molar-refractivity contribution in [1.29, 1.82) is 0 Å². The Kier molecular flexibility index (Phi) is 7.83. The largest absolute Gasteiger partial charge is 0.481 e. The Hall–Kier alpha value is -1.59. The van der Waals surface area contributed by atoms with Gasteiger partial charge in [-0.2, -0.15) is 0 Å². The normalized spacial score (nSPS) is 9.56. The number of rotatable bonds is 8. The van der Waals surface area contributed by atoms with Crippen LogP contribution in [0.3, 0.4) is 0 Å². The smallest absolute Gasteiger partial charge is 0.325 e. The summed E-state index contributed by atoms with van der Waals surface area (Å²) in [6.07, 6.45) is 1.25. The highest BCUT2D eigenvalue weighted by Gasteiger charge is 2.06. The molecule has 2 N–H and O–H groups in total. The monoisotopic (exact) mass is 231 g/mol. The molecular formula is C10H17NO5. The lowest BCUT2D eigenvalue weighted by molar-refractivity contribution is -0.143. The number of aliphatic carboxylic acids is 1. The lowest BCUT2D eigenvalue weighted by Crippen LogP contribution is -2.30. The van der Waals surface area contributed by atoms with Crippen LogP contribution in [0.25, 0.3) is 0 Å². The summed E-state index contributed by atoms with van der Waals surface area (Å²) in [6, 6.07) is 0. The van der Waals surface area contributed by atoms with Crippen molar-refractivity contribution >= 4 is 17.8 Å². The van der Waals surface area contributed by atoms with Gasteiger partial charge in [-0.05, 0) is 19.8 Å². The number of ether oxygens (including phenoxy) is 1. The molecule has 6 heteroatoms. The predicted molar refractivity (Wildman–Crippen MR) is 55.7 cm³/mol. The van der Waals surface area contributed by atoms with E-state index >= 15 is 0 Å². The maximum atomic E-state index is 11.1. The molecule has 0 heterocycles. The van der Waals surface area contributed by atoms with Crippen LogP contribution in [0.2, 0.25) is 0 Å². The molecule has 0 bridgehead atoms. The minimum atomic E-state index is -0.869. The number of amides is 1. The molecule has 0 saturated carbocycles. The van der Waals surface area contributed by atoms with E-state index in [2.05, 4.69) is 10.1 Å². The van der Waals surface area contributed by atoms with Gasteiger partial charge in [0.25, 0.3) is 0 Å². The van der Waals surface area contributed by atoms with Gasteiger partial charge in [-0.3, -0.25) is 14.4 Å². The van der Waals surface area contributed by atoms with Gasteiger partial charge in [0.1, 0.15) is 6.54 Å². The van der Waals surface area contributed by atoms with Crippen LogP contribution >= 0.6 is 0 Å². The van der Waals surface area contributed by atoms with Crippen molar-refractivity contribution in [3.05, 3.63) is 0 Å². The van der Waals surface area contributed by atoms with E-state index in [1.165, 1.54) is 0 Å². The van der Waals surface area contributed by atoms with Crippen LogP contribution in [-0.4, -0.2) is 36.1 Å². The molecule has 0 spiro atoms. The van der Waals surface area contributed by atoms with Crippen LogP contribution in [0.1, 0.15) is 32.6 Å². The van der Waals surface area contributed by atoms with Crippen molar-refractivity contribution in [3.8, 4) is 0 Å². The zero-order chi connectivity index (χ0) is 12.4. The van der Waals surface area contributed by atoms with Crippen molar-refractivity contribution in [2.45, 2.75) is 32.6 Å². The number of carbonyl (C=O) groups excluding carboxylic acids is 2. The van der Waals surface area contributed by atoms with Gasteiger partial charge in [0.15, 0.2) is 0 Å². The molecule has 0 unspecified atom stereocenters. The van der Waals surface area contributed by atoms with E-state index in [1.807, 2.05) is 0 Å². The van der Waals surface area contributed by atoms with E-state index in [0.717, 1.165) is 0 Å². The van der Waals surface area contributed by atoms with E-state index in [-0.39, 0.29) is 31.9 Å². The van der Waals surface area contributed by atoms with Gasteiger partial charge in [-0.25, -0.2) is 0 Å². The van der Waals surface area contributed by atoms with E-state index < -0.39 is 11.9 Å². The molecule has 92 valence electrons. The van der Waals surface area contributed by atoms with Crippen LogP contribution in [-0.2, 0) is 19.1 Å². The van der Waals surface area contributed by atoms with Crippen LogP contribution in [0.5, 0.6) is 0 Å². The second-order valence-corrected chi connectivity index (χ2v) is 3.18. The Morgan fingerprint density at radius 2 is 1.81 bits per heavy atom. The summed E-state index contributed by atoms with van der Waals surface area (Å²) >= 11 is 0. The van der Waals surface area contributed by atoms with E-state index in [1.54, 1.807) is 6.92 Å². The Labute approximate surface area is 94.0 Å². The molecule has 16 heavy (non-hydrogen) atoms. The summed E-state index contributed by atoms with van der Waals surface area (Å²) in [4.78, 5) is 32.2. The number of hydrogen-bond donors (Lipinski definition) is 2. The van der Waals surface area contributed by atoms with Gasteiger partial charge >= 0.3 is 11.9 Å². The first kappa shape index (κ1) is 14.4. The molecular weight excluding hydrogens is 214 g/mol. The molecule has 0 fully saturated rings. The summed E-state index contributed by atoms with van der Waals surface area (Å²) in [6.45, 7) is 1.84. The standard InChI is InChI=1S/C10H17NO5/c1-2-16-10(15)7-11-8(12)5-3-4-6-9(13)14/h2-7H2,1H3,(H,11,12)(H,13,14). The van der Waals surface area contributed by atoms with Crippen molar-refractivity contribution in [2.24, 2.45) is 0 Å². The minimum absolute atomic E-state index is 0.0607. The lowest BCUT2D eigenvalue weighted by Gasteiger charge is -2.04. The topological polar surface area (TPSA) is 92.7 Å². The molecule has 0 aromatic heterocycles. The minimum Gasteiger partial charge on any atom is -0.481 e. The second kappa shape index (κ2) is 8.70. The van der Waals surface area contributed by atoms with Gasteiger partial charge < -0.3 is 15.2 Å². The third-order valence-corrected chi connectivity index (χ3v) is 1.78. The molecule has 0 saturated heterocycles. The molecule has 0 rings (SSSR count). The number of esters is 1. The summed E-state index contributed by atoms with van der Waals surface area (Å²) in [7, 11) is 0. The number of carboxylic acid groups (broad SMARTS) is 1. The van der Waals surface area contributed by atoms with Crippen LogP contribution in [0, 0.1) is 0 Å². The van der Waals surface area contributed by atoms with Crippen molar-refractivity contribution in [3.63, 3.8) is 0 Å². The van der Waals surface area contributed by atoms with Gasteiger partial charge in [-0.1, -0.05) is 0 Å². The van der Waals surface area contributed by atoms with Crippen molar-refractivity contribution in [2.75, 3.05) is 13.2 Å². The third kappa shape index (κ3) is 8.98. The SMILES string of the molecule is CCOC(=O)CNC(=O)CCCCC(=O)O. The molecule has 0 atom stereocenters. The van der Waals surface area contributed by atoms with Crippen molar-refractivity contribution < 1.29 is 24.2 Å². The zero-order valence-corrected chi connectivity index (χ0v) is 9.32. The fourth-order valence-corrected chi connectivity index (χ4v) is 1.03. The summed E-state index contributed by atoms with van der Waals surface area (Å²) in [5, 5.41) is 10.7. The molecule has 1 amide bonds. The van der Waals surface area contributed by atoms with E-state index in [4.69, 9.17) is 5.11 Å². The highest BCUT2D eigenvalue weighted by molar-refractivity contribution is 5.81. The second-order valence-electron chi connectivity index (χ2n) is 3.18. The summed E-state index contributed by atoms with van der Waals surface area (Å²) < 4.78 is 4.62. The first-order valence-electron chi connectivity index (χ1n) is 5.20. The fourth-order valence-electron chi connectivity index (χ4n) is 1.03. The quantitative estimate of drug-likeness (QED) is 0.463. The van der Waals surface area contributed by atoms with Crippen molar-refractivity contribution in [1.82, 2.24) is 5.32 Å². The average molecular weight is 231 g/mol. The molecule has 0 aliphatic carbocycles. The maximum Gasteiger partial charge on any atom is 0.325 e. The van der Waals surface area contributed by atoms with Gasteiger partial charge in [-0.15, -0.1) is 0 Å². The Morgan fingerprint density at radius 1 is 1.19 bits per heavy atom. The number of hydrogen-bond acceptors (Lipinski definition) is 4. The Morgan fingerprint density at radius 3 is 2.38 bits per heavy atom. The third-order valence-electron chi connectivity index (χ3n) is 1.78. The van der Waals surface area contributed by atoms with Gasteiger partial charge in [0, 0.05) is 12.8 Å². The summed E-state index contributed by atoms with van der Waals surface area (Å²) in [5.74, 6) is -1.60. The zero-order valence-electron chi connectivity index (χ0n) is 9.32. The number of nitrogens with one attached hydrogen (secondary N) is 1. The molecule has 0 radical (unpaired) electrons. The first-order valence-corrected chi connectivity index (χ1v) is 5.20. The number of unbranched alkanes of at least 4 members (excludes halogenated alkanes) is 1. The predicted octanol–water partition coefficient (Wildman–Crippen LogP) is 0.311. The highest BCUT2D eigenvalue weighted by Crippen LogP contribution is 1.99. The van der Waals surface area contributed by atoms with Gasteiger partial charge in [0.05, 0.1) is 6.61 Å². The summed E-state index contributed by atoms with van der Waals surface area (Å²) in [5.41, 5.74) is 0. The van der Waals surface area contributed by atoms with Crippen LogP contribution in [0.4, 0.5) is 0 Å². The highest BCUT2D eigenvalue weighted by atomic mass is 16.5. The van der Waals surface area contributed by atoms with E-state index in [9.17, 15) is 14.4 Å². The lowest BCUT2D eigenvalue weighted by atomic mass is 10.2. The Bertz CT molecular complexity index is 252.